The van der Waals surface area contributed by atoms with Crippen molar-refractivity contribution in [2.45, 2.75) is 12.5 Å². The molecule has 0 bridgehead atoms. The lowest BCUT2D eigenvalue weighted by Gasteiger charge is -2.14. The Labute approximate surface area is 166 Å². The molecule has 0 saturated carbocycles. The first-order valence-corrected chi connectivity index (χ1v) is 9.12. The average Bonchev–Trinajstić information content (AvgIpc) is 3.16. The van der Waals surface area contributed by atoms with Crippen molar-refractivity contribution >= 4 is 33.6 Å². The van der Waals surface area contributed by atoms with E-state index >= 15 is 0 Å². The third kappa shape index (κ3) is 3.91. The van der Waals surface area contributed by atoms with Gasteiger partial charge in [-0.1, -0.05) is 42.5 Å². The fourth-order valence-electron chi connectivity index (χ4n) is 3.29. The second-order valence-corrected chi connectivity index (χ2v) is 6.76. The summed E-state index contributed by atoms with van der Waals surface area (Å²) in [6, 6.07) is 19.3. The monoisotopic (exact) mass is 389 g/mol. The summed E-state index contributed by atoms with van der Waals surface area (Å²) < 4.78 is 10.7. The van der Waals surface area contributed by atoms with Crippen LogP contribution in [-0.4, -0.2) is 30.1 Å². The normalized spacial score (nSPS) is 12.0. The number of carboxylic acids is 1. The van der Waals surface area contributed by atoms with Gasteiger partial charge >= 0.3 is 5.97 Å². The summed E-state index contributed by atoms with van der Waals surface area (Å²) in [5.74, 6) is -0.986. The Morgan fingerprint density at radius 2 is 1.79 bits per heavy atom. The van der Waals surface area contributed by atoms with Crippen molar-refractivity contribution in [2.75, 3.05) is 7.11 Å². The lowest BCUT2D eigenvalue weighted by Crippen LogP contribution is -2.42. The lowest BCUT2D eigenvalue weighted by molar-refractivity contribution is -0.139. The van der Waals surface area contributed by atoms with E-state index in [4.69, 9.17) is 9.15 Å². The second-order valence-electron chi connectivity index (χ2n) is 6.76. The smallest absolute Gasteiger partial charge is 0.326 e. The third-order valence-corrected chi connectivity index (χ3v) is 4.80. The molecule has 2 N–H and O–H groups in total. The van der Waals surface area contributed by atoms with Crippen LogP contribution in [0, 0.1) is 0 Å². The van der Waals surface area contributed by atoms with E-state index < -0.39 is 17.9 Å². The largest absolute Gasteiger partial charge is 0.497 e. The topological polar surface area (TPSA) is 88.8 Å². The number of furan rings is 1. The summed E-state index contributed by atoms with van der Waals surface area (Å²) in [6.07, 6.45) is 0.167. The molecule has 6 nitrogen and oxygen atoms in total. The van der Waals surface area contributed by atoms with Crippen molar-refractivity contribution in [1.82, 2.24) is 5.32 Å². The molecule has 0 radical (unpaired) electrons. The van der Waals surface area contributed by atoms with Gasteiger partial charge in [0.1, 0.15) is 17.4 Å². The van der Waals surface area contributed by atoms with Gasteiger partial charge in [-0.05, 0) is 40.6 Å². The number of benzene rings is 3. The van der Waals surface area contributed by atoms with Crippen LogP contribution in [0.4, 0.5) is 0 Å². The number of nitrogens with one attached hydrogen (secondary N) is 1. The molecule has 146 valence electrons. The summed E-state index contributed by atoms with van der Waals surface area (Å²) >= 11 is 0. The minimum atomic E-state index is -1.11. The number of carbonyl (C=O) groups is 2. The molecule has 0 unspecified atom stereocenters. The van der Waals surface area contributed by atoms with Gasteiger partial charge in [0.25, 0.3) is 5.91 Å². The van der Waals surface area contributed by atoms with Crippen LogP contribution in [0.5, 0.6) is 5.75 Å². The SMILES string of the molecule is COc1ccc2oc(C(=O)N[C@@H](Cc3ccc4ccccc4c3)C(=O)O)cc2c1. The average molecular weight is 389 g/mol. The molecule has 4 aromatic rings. The summed E-state index contributed by atoms with van der Waals surface area (Å²) in [6.45, 7) is 0. The lowest BCUT2D eigenvalue weighted by atomic mass is 10.0. The maximum Gasteiger partial charge on any atom is 0.326 e. The van der Waals surface area contributed by atoms with Crippen molar-refractivity contribution in [1.29, 1.82) is 0 Å². The van der Waals surface area contributed by atoms with Crippen molar-refractivity contribution in [3.05, 3.63) is 78.1 Å². The van der Waals surface area contributed by atoms with Gasteiger partial charge in [-0.15, -0.1) is 0 Å². The number of rotatable bonds is 6. The number of hydrogen-bond acceptors (Lipinski definition) is 4. The first kappa shape index (κ1) is 18.6. The highest BCUT2D eigenvalue weighted by molar-refractivity contribution is 5.98. The van der Waals surface area contributed by atoms with E-state index in [9.17, 15) is 14.7 Å². The van der Waals surface area contributed by atoms with Crippen LogP contribution < -0.4 is 10.1 Å². The standard InChI is InChI=1S/C23H19NO5/c1-28-18-8-9-20-17(12-18)13-21(29-20)22(25)24-19(23(26)27)11-14-6-7-15-4-2-3-5-16(15)10-14/h2-10,12-13,19H,11H2,1H3,(H,24,25)(H,26,27)/t19-/m0/s1. The van der Waals surface area contributed by atoms with Gasteiger partial charge < -0.3 is 19.6 Å². The molecule has 3 aromatic carbocycles. The van der Waals surface area contributed by atoms with E-state index in [1.54, 1.807) is 31.4 Å². The van der Waals surface area contributed by atoms with E-state index in [1.165, 1.54) is 0 Å². The molecule has 0 aliphatic heterocycles. The summed E-state index contributed by atoms with van der Waals surface area (Å²) in [5.41, 5.74) is 1.35. The molecule has 1 heterocycles. The zero-order chi connectivity index (χ0) is 20.4. The van der Waals surface area contributed by atoms with E-state index in [1.807, 2.05) is 42.5 Å². The van der Waals surface area contributed by atoms with Crippen LogP contribution in [0.25, 0.3) is 21.7 Å². The van der Waals surface area contributed by atoms with Crippen molar-refractivity contribution in [3.8, 4) is 5.75 Å². The molecule has 0 spiro atoms. The molecule has 6 heteroatoms. The number of aliphatic carboxylic acids is 1. The highest BCUT2D eigenvalue weighted by atomic mass is 16.5. The Balaban J connectivity index is 1.54. The Morgan fingerprint density at radius 1 is 1.00 bits per heavy atom. The number of methoxy groups -OCH3 is 1. The van der Waals surface area contributed by atoms with Gasteiger partial charge in [0, 0.05) is 11.8 Å². The minimum Gasteiger partial charge on any atom is -0.497 e. The molecule has 1 atom stereocenters. The Kier molecular flexibility index (Phi) is 4.91. The highest BCUT2D eigenvalue weighted by Gasteiger charge is 2.23. The number of fused-ring (bicyclic) bond motifs is 2. The van der Waals surface area contributed by atoms with Crippen LogP contribution in [0.3, 0.4) is 0 Å². The van der Waals surface area contributed by atoms with Crippen molar-refractivity contribution in [3.63, 3.8) is 0 Å². The molecule has 0 fully saturated rings. The first-order chi connectivity index (χ1) is 14.0. The number of carboxylic acid groups (broad SMARTS) is 1. The van der Waals surface area contributed by atoms with Crippen LogP contribution in [0.15, 0.2) is 71.1 Å². The maximum absolute atomic E-state index is 12.6. The van der Waals surface area contributed by atoms with Crippen molar-refractivity contribution in [2.24, 2.45) is 0 Å². The fourth-order valence-corrected chi connectivity index (χ4v) is 3.29. The quantitative estimate of drug-likeness (QED) is 0.520. The molecule has 1 aromatic heterocycles. The summed E-state index contributed by atoms with van der Waals surface area (Å²) in [7, 11) is 1.55. The van der Waals surface area contributed by atoms with Gasteiger partial charge in [0.15, 0.2) is 5.76 Å². The number of carbonyl (C=O) groups excluding carboxylic acids is 1. The van der Waals surface area contributed by atoms with Gasteiger partial charge in [-0.3, -0.25) is 4.79 Å². The molecule has 4 rings (SSSR count). The van der Waals surface area contributed by atoms with Gasteiger partial charge in [0.2, 0.25) is 0 Å². The number of hydrogen-bond donors (Lipinski definition) is 2. The third-order valence-electron chi connectivity index (χ3n) is 4.80. The summed E-state index contributed by atoms with van der Waals surface area (Å²) in [4.78, 5) is 24.3. The van der Waals surface area contributed by atoms with Gasteiger partial charge in [-0.2, -0.15) is 0 Å². The second kappa shape index (κ2) is 7.67. The number of ether oxygens (including phenoxy) is 1. The van der Waals surface area contributed by atoms with Gasteiger partial charge in [0.05, 0.1) is 7.11 Å². The number of amides is 1. The molecule has 0 aliphatic rings. The zero-order valence-corrected chi connectivity index (χ0v) is 15.7. The Bertz CT molecular complexity index is 1210. The van der Waals surface area contributed by atoms with Crippen LogP contribution in [0.1, 0.15) is 16.1 Å². The first-order valence-electron chi connectivity index (χ1n) is 9.12. The fraction of sp³-hybridized carbons (Fsp3) is 0.130. The molecular formula is C23H19NO5. The predicted octanol–water partition coefficient (Wildman–Crippen LogP) is 4.02. The van der Waals surface area contributed by atoms with Crippen LogP contribution in [0.2, 0.25) is 0 Å². The van der Waals surface area contributed by atoms with Crippen LogP contribution in [-0.2, 0) is 11.2 Å². The summed E-state index contributed by atoms with van der Waals surface area (Å²) in [5, 5.41) is 14.9. The highest BCUT2D eigenvalue weighted by Crippen LogP contribution is 2.24. The Morgan fingerprint density at radius 3 is 2.55 bits per heavy atom. The molecule has 0 saturated heterocycles. The van der Waals surface area contributed by atoms with Gasteiger partial charge in [-0.25, -0.2) is 4.79 Å². The van der Waals surface area contributed by atoms with E-state index in [2.05, 4.69) is 5.32 Å². The van der Waals surface area contributed by atoms with Crippen molar-refractivity contribution < 1.29 is 23.8 Å². The minimum absolute atomic E-state index is 0.0537. The van der Waals surface area contributed by atoms with E-state index in [-0.39, 0.29) is 12.2 Å². The molecular weight excluding hydrogens is 370 g/mol. The van der Waals surface area contributed by atoms with Crippen LogP contribution >= 0.6 is 0 Å². The maximum atomic E-state index is 12.6. The Hall–Kier alpha value is -3.80. The van der Waals surface area contributed by atoms with E-state index in [0.717, 1.165) is 16.3 Å². The zero-order valence-electron chi connectivity index (χ0n) is 15.7. The molecule has 1 amide bonds. The van der Waals surface area contributed by atoms with E-state index in [0.29, 0.717) is 16.7 Å². The predicted molar refractivity (Wildman–Crippen MR) is 109 cm³/mol. The molecule has 29 heavy (non-hydrogen) atoms. The molecule has 0 aliphatic carbocycles.